The van der Waals surface area contributed by atoms with Gasteiger partial charge in [-0.2, -0.15) is 0 Å². The number of benzene rings is 1. The van der Waals surface area contributed by atoms with Crippen LogP contribution in [0.2, 0.25) is 0 Å². The summed E-state index contributed by atoms with van der Waals surface area (Å²) in [6.45, 7) is 0. The number of aromatic carboxylic acids is 1. The molecule has 0 radical (unpaired) electrons. The van der Waals surface area contributed by atoms with Crippen molar-refractivity contribution >= 4 is 27.8 Å². The molecule has 3 rings (SSSR count). The highest BCUT2D eigenvalue weighted by atomic mass is 16.4. The zero-order valence-corrected chi connectivity index (χ0v) is 8.65. The van der Waals surface area contributed by atoms with Crippen molar-refractivity contribution < 1.29 is 9.90 Å². The molecule has 0 aliphatic carbocycles. The molecule has 0 fully saturated rings. The average molecular weight is 228 g/mol. The number of H-pyrrole nitrogens is 2. The highest BCUT2D eigenvalue weighted by Crippen LogP contribution is 2.23. The number of rotatable bonds is 1. The minimum atomic E-state index is -1.00. The van der Waals surface area contributed by atoms with Crippen molar-refractivity contribution in [2.45, 2.75) is 0 Å². The molecule has 1 aromatic carbocycles. The van der Waals surface area contributed by atoms with E-state index in [-0.39, 0.29) is 11.3 Å². The summed E-state index contributed by atoms with van der Waals surface area (Å²) in [6.07, 6.45) is 0. The zero-order valence-electron chi connectivity index (χ0n) is 8.65. The van der Waals surface area contributed by atoms with Gasteiger partial charge in [0.1, 0.15) is 5.69 Å². The van der Waals surface area contributed by atoms with Gasteiger partial charge in [0.15, 0.2) is 0 Å². The Bertz CT molecular complexity index is 798. The van der Waals surface area contributed by atoms with Crippen molar-refractivity contribution in [3.63, 3.8) is 0 Å². The molecule has 0 saturated carbocycles. The van der Waals surface area contributed by atoms with Crippen LogP contribution in [-0.2, 0) is 0 Å². The van der Waals surface area contributed by atoms with Crippen LogP contribution in [0.3, 0.4) is 0 Å². The van der Waals surface area contributed by atoms with Gasteiger partial charge >= 0.3 is 5.97 Å². The standard InChI is InChI=1S/C12H8N2O3/c15-11-4-1-6-7-5-10(12(16)17)13-9(7)3-2-8(6)14-11/h1-5,13H,(H,14,15)(H,16,17). The predicted molar refractivity (Wildman–Crippen MR) is 63.4 cm³/mol. The van der Waals surface area contributed by atoms with Gasteiger partial charge in [-0.15, -0.1) is 0 Å². The number of fused-ring (bicyclic) bond motifs is 3. The molecule has 2 heterocycles. The third kappa shape index (κ3) is 1.40. The molecule has 5 heteroatoms. The van der Waals surface area contributed by atoms with Crippen LogP contribution < -0.4 is 5.56 Å². The lowest BCUT2D eigenvalue weighted by Gasteiger charge is -1.97. The molecule has 0 saturated heterocycles. The number of carboxylic acids is 1. The second-order valence-corrected chi connectivity index (χ2v) is 3.80. The van der Waals surface area contributed by atoms with Crippen molar-refractivity contribution in [3.8, 4) is 0 Å². The summed E-state index contributed by atoms with van der Waals surface area (Å²) in [5, 5.41) is 10.5. The topological polar surface area (TPSA) is 85.9 Å². The molecule has 0 atom stereocenters. The van der Waals surface area contributed by atoms with Crippen molar-refractivity contribution in [1.29, 1.82) is 0 Å². The van der Waals surface area contributed by atoms with E-state index in [4.69, 9.17) is 5.11 Å². The average Bonchev–Trinajstić information content (AvgIpc) is 2.72. The molecule has 3 N–H and O–H groups in total. The Kier molecular flexibility index (Phi) is 1.82. The highest BCUT2D eigenvalue weighted by Gasteiger charge is 2.09. The van der Waals surface area contributed by atoms with Crippen molar-refractivity contribution in [2.24, 2.45) is 0 Å². The lowest BCUT2D eigenvalue weighted by molar-refractivity contribution is 0.0691. The molecule has 0 amide bonds. The lowest BCUT2D eigenvalue weighted by Crippen LogP contribution is -2.01. The monoisotopic (exact) mass is 228 g/mol. The van der Waals surface area contributed by atoms with E-state index in [1.807, 2.05) is 0 Å². The number of pyridine rings is 1. The first-order valence-electron chi connectivity index (χ1n) is 5.03. The number of carboxylic acid groups (broad SMARTS) is 1. The Morgan fingerprint density at radius 3 is 2.41 bits per heavy atom. The maximum absolute atomic E-state index is 11.2. The van der Waals surface area contributed by atoms with Crippen LogP contribution in [0.15, 0.2) is 35.1 Å². The number of aromatic amines is 2. The third-order valence-corrected chi connectivity index (χ3v) is 2.73. The van der Waals surface area contributed by atoms with E-state index in [9.17, 15) is 9.59 Å². The van der Waals surface area contributed by atoms with Gasteiger partial charge < -0.3 is 15.1 Å². The number of nitrogens with one attached hydrogen (secondary N) is 2. The molecule has 84 valence electrons. The number of aromatic nitrogens is 2. The fraction of sp³-hybridized carbons (Fsp3) is 0. The molecular weight excluding hydrogens is 220 g/mol. The first kappa shape index (κ1) is 9.65. The number of hydrogen-bond acceptors (Lipinski definition) is 2. The SMILES string of the molecule is O=C(O)c1cc2c(ccc3[nH]c(=O)ccc32)[nH]1. The van der Waals surface area contributed by atoms with Gasteiger partial charge in [-0.1, -0.05) is 0 Å². The summed E-state index contributed by atoms with van der Waals surface area (Å²) in [6, 6.07) is 8.19. The van der Waals surface area contributed by atoms with E-state index in [1.54, 1.807) is 24.3 Å². The maximum Gasteiger partial charge on any atom is 0.352 e. The summed E-state index contributed by atoms with van der Waals surface area (Å²) >= 11 is 0. The normalized spacial score (nSPS) is 11.1. The van der Waals surface area contributed by atoms with Gasteiger partial charge in [0, 0.05) is 27.9 Å². The van der Waals surface area contributed by atoms with Gasteiger partial charge in [0.2, 0.25) is 5.56 Å². The molecule has 0 bridgehead atoms. The molecular formula is C12H8N2O3. The molecule has 0 unspecified atom stereocenters. The summed E-state index contributed by atoms with van der Waals surface area (Å²) < 4.78 is 0. The maximum atomic E-state index is 11.2. The lowest BCUT2D eigenvalue weighted by atomic mass is 10.1. The Morgan fingerprint density at radius 1 is 1.00 bits per heavy atom. The van der Waals surface area contributed by atoms with Crippen LogP contribution in [-0.4, -0.2) is 21.0 Å². The summed E-state index contributed by atoms with van der Waals surface area (Å²) in [7, 11) is 0. The minimum Gasteiger partial charge on any atom is -0.477 e. The first-order chi connectivity index (χ1) is 8.15. The summed E-state index contributed by atoms with van der Waals surface area (Å²) in [5.41, 5.74) is 1.40. The predicted octanol–water partition coefficient (Wildman–Crippen LogP) is 1.71. The van der Waals surface area contributed by atoms with E-state index in [2.05, 4.69) is 9.97 Å². The fourth-order valence-electron chi connectivity index (χ4n) is 1.96. The molecule has 0 aliphatic rings. The Labute approximate surface area is 94.7 Å². The minimum absolute atomic E-state index is 0.138. The smallest absolute Gasteiger partial charge is 0.352 e. The van der Waals surface area contributed by atoms with Crippen molar-refractivity contribution in [3.05, 3.63) is 46.4 Å². The largest absolute Gasteiger partial charge is 0.477 e. The summed E-state index contributed by atoms with van der Waals surface area (Å²) in [5.74, 6) is -1.00. The van der Waals surface area contributed by atoms with Crippen LogP contribution in [0.5, 0.6) is 0 Å². The van der Waals surface area contributed by atoms with Gasteiger partial charge in [0.05, 0.1) is 0 Å². The Balaban J connectivity index is 2.46. The third-order valence-electron chi connectivity index (χ3n) is 2.73. The molecule has 2 aromatic heterocycles. The van der Waals surface area contributed by atoms with Gasteiger partial charge in [-0.3, -0.25) is 4.79 Å². The van der Waals surface area contributed by atoms with Gasteiger partial charge in [-0.05, 0) is 24.3 Å². The molecule has 3 aromatic rings. The summed E-state index contributed by atoms with van der Waals surface area (Å²) in [4.78, 5) is 27.6. The van der Waals surface area contributed by atoms with E-state index in [1.165, 1.54) is 6.07 Å². The van der Waals surface area contributed by atoms with E-state index < -0.39 is 5.97 Å². The molecule has 17 heavy (non-hydrogen) atoms. The number of carbonyl (C=O) groups is 1. The van der Waals surface area contributed by atoms with Crippen molar-refractivity contribution in [1.82, 2.24) is 9.97 Å². The van der Waals surface area contributed by atoms with Gasteiger partial charge in [-0.25, -0.2) is 4.79 Å². The molecule has 5 nitrogen and oxygen atoms in total. The van der Waals surface area contributed by atoms with E-state index in [0.29, 0.717) is 5.52 Å². The second-order valence-electron chi connectivity index (χ2n) is 3.80. The molecule has 0 spiro atoms. The van der Waals surface area contributed by atoms with Crippen LogP contribution in [0.25, 0.3) is 21.8 Å². The van der Waals surface area contributed by atoms with Crippen LogP contribution in [0.4, 0.5) is 0 Å². The Morgan fingerprint density at radius 2 is 1.71 bits per heavy atom. The highest BCUT2D eigenvalue weighted by molar-refractivity contribution is 6.07. The van der Waals surface area contributed by atoms with E-state index >= 15 is 0 Å². The van der Waals surface area contributed by atoms with Crippen LogP contribution in [0.1, 0.15) is 10.5 Å². The quantitative estimate of drug-likeness (QED) is 0.592. The fourth-order valence-corrected chi connectivity index (χ4v) is 1.96. The number of hydrogen-bond donors (Lipinski definition) is 3. The second kappa shape index (κ2) is 3.21. The Hall–Kier alpha value is -2.56. The van der Waals surface area contributed by atoms with Crippen LogP contribution >= 0.6 is 0 Å². The van der Waals surface area contributed by atoms with E-state index in [0.717, 1.165) is 16.3 Å². The first-order valence-corrected chi connectivity index (χ1v) is 5.03. The zero-order chi connectivity index (χ0) is 12.0. The molecule has 0 aliphatic heterocycles. The van der Waals surface area contributed by atoms with Crippen LogP contribution in [0, 0.1) is 0 Å². The van der Waals surface area contributed by atoms with Crippen molar-refractivity contribution in [2.75, 3.05) is 0 Å². The van der Waals surface area contributed by atoms with Gasteiger partial charge in [0.25, 0.3) is 0 Å².